The lowest BCUT2D eigenvalue weighted by Crippen LogP contribution is -2.37. The van der Waals surface area contributed by atoms with Crippen molar-refractivity contribution in [3.05, 3.63) is 53.1 Å². The van der Waals surface area contributed by atoms with E-state index in [1.807, 2.05) is 42.2 Å². The van der Waals surface area contributed by atoms with Gasteiger partial charge in [-0.3, -0.25) is 4.79 Å². The average molecular weight is 339 g/mol. The first-order valence-corrected chi connectivity index (χ1v) is 8.82. The van der Waals surface area contributed by atoms with Gasteiger partial charge in [0.25, 0.3) is 0 Å². The molecule has 1 aliphatic heterocycles. The molecule has 4 heteroatoms. The number of carbonyl (C=O) groups excluding carboxylic acids is 1. The first kappa shape index (κ1) is 17.3. The van der Waals surface area contributed by atoms with Crippen molar-refractivity contribution in [1.82, 2.24) is 0 Å². The zero-order valence-corrected chi connectivity index (χ0v) is 15.2. The van der Waals surface area contributed by atoms with Crippen molar-refractivity contribution in [2.75, 3.05) is 25.2 Å². The molecule has 0 bridgehead atoms. The first-order chi connectivity index (χ1) is 12.1. The Kier molecular flexibility index (Phi) is 5.27. The number of aryl methyl sites for hydroxylation is 1. The highest BCUT2D eigenvalue weighted by Crippen LogP contribution is 2.38. The summed E-state index contributed by atoms with van der Waals surface area (Å²) in [7, 11) is 1.66. The van der Waals surface area contributed by atoms with E-state index >= 15 is 0 Å². The standard InChI is InChI=1S/C21H25NO3/c1-4-25-17-10-8-16(9-11-17)14-20(23)22-13-5-6-18-15(2)7-12-19(24-3)21(18)22/h7-12H,4-6,13-14H2,1-3H3. The maximum absolute atomic E-state index is 13.0. The molecular formula is C21H25NO3. The van der Waals surface area contributed by atoms with Crippen LogP contribution in [0.3, 0.4) is 0 Å². The van der Waals surface area contributed by atoms with E-state index in [4.69, 9.17) is 9.47 Å². The summed E-state index contributed by atoms with van der Waals surface area (Å²) in [5, 5.41) is 0. The van der Waals surface area contributed by atoms with Gasteiger partial charge in [-0.25, -0.2) is 0 Å². The van der Waals surface area contributed by atoms with Crippen molar-refractivity contribution < 1.29 is 14.3 Å². The number of benzene rings is 2. The maximum atomic E-state index is 13.0. The van der Waals surface area contributed by atoms with Crippen LogP contribution in [0.25, 0.3) is 0 Å². The normalized spacial score (nSPS) is 13.3. The highest BCUT2D eigenvalue weighted by Gasteiger charge is 2.27. The van der Waals surface area contributed by atoms with E-state index < -0.39 is 0 Å². The van der Waals surface area contributed by atoms with Crippen molar-refractivity contribution in [2.24, 2.45) is 0 Å². The Bertz CT molecular complexity index is 752. The van der Waals surface area contributed by atoms with Gasteiger partial charge in [-0.1, -0.05) is 18.2 Å². The molecule has 0 atom stereocenters. The van der Waals surface area contributed by atoms with Crippen LogP contribution in [0.15, 0.2) is 36.4 Å². The number of ether oxygens (including phenoxy) is 2. The Balaban J connectivity index is 1.83. The molecular weight excluding hydrogens is 314 g/mol. The SMILES string of the molecule is CCOc1ccc(CC(=O)N2CCCc3c(C)ccc(OC)c32)cc1. The fourth-order valence-corrected chi connectivity index (χ4v) is 3.41. The fourth-order valence-electron chi connectivity index (χ4n) is 3.41. The van der Waals surface area contributed by atoms with Crippen LogP contribution in [0.4, 0.5) is 5.69 Å². The number of methoxy groups -OCH3 is 1. The summed E-state index contributed by atoms with van der Waals surface area (Å²) >= 11 is 0. The molecule has 0 saturated heterocycles. The first-order valence-electron chi connectivity index (χ1n) is 8.82. The monoisotopic (exact) mass is 339 g/mol. The molecule has 0 aromatic heterocycles. The van der Waals surface area contributed by atoms with Crippen molar-refractivity contribution in [3.63, 3.8) is 0 Å². The van der Waals surface area contributed by atoms with Gasteiger partial charge in [-0.15, -0.1) is 0 Å². The summed E-state index contributed by atoms with van der Waals surface area (Å²) in [4.78, 5) is 14.8. The Morgan fingerprint density at radius 3 is 2.60 bits per heavy atom. The quantitative estimate of drug-likeness (QED) is 0.829. The van der Waals surface area contributed by atoms with E-state index in [1.54, 1.807) is 7.11 Å². The van der Waals surface area contributed by atoms with Crippen LogP contribution in [0.1, 0.15) is 30.0 Å². The second-order valence-corrected chi connectivity index (χ2v) is 6.31. The molecule has 1 amide bonds. The third-order valence-electron chi connectivity index (χ3n) is 4.67. The summed E-state index contributed by atoms with van der Waals surface area (Å²) in [6.45, 7) is 5.43. The number of carbonyl (C=O) groups is 1. The molecule has 0 radical (unpaired) electrons. The summed E-state index contributed by atoms with van der Waals surface area (Å²) in [6, 6.07) is 11.8. The number of hydrogen-bond acceptors (Lipinski definition) is 3. The number of anilines is 1. The number of nitrogens with zero attached hydrogens (tertiary/aromatic N) is 1. The van der Waals surface area contributed by atoms with Gasteiger partial charge in [-0.2, -0.15) is 0 Å². The smallest absolute Gasteiger partial charge is 0.231 e. The third-order valence-corrected chi connectivity index (χ3v) is 4.67. The van der Waals surface area contributed by atoms with Gasteiger partial charge in [-0.05, 0) is 61.6 Å². The van der Waals surface area contributed by atoms with Crippen LogP contribution in [-0.2, 0) is 17.6 Å². The molecule has 2 aromatic carbocycles. The molecule has 0 fully saturated rings. The minimum absolute atomic E-state index is 0.106. The van der Waals surface area contributed by atoms with Gasteiger partial charge >= 0.3 is 0 Å². The molecule has 0 unspecified atom stereocenters. The van der Waals surface area contributed by atoms with E-state index in [0.717, 1.165) is 42.1 Å². The second kappa shape index (κ2) is 7.60. The minimum atomic E-state index is 0.106. The van der Waals surface area contributed by atoms with Crippen LogP contribution >= 0.6 is 0 Å². The number of fused-ring (bicyclic) bond motifs is 1. The fraction of sp³-hybridized carbons (Fsp3) is 0.381. The molecule has 0 saturated carbocycles. The van der Waals surface area contributed by atoms with Crippen LogP contribution in [0, 0.1) is 6.92 Å². The number of hydrogen-bond donors (Lipinski definition) is 0. The lowest BCUT2D eigenvalue weighted by molar-refractivity contribution is -0.118. The molecule has 2 aromatic rings. The predicted octanol–water partition coefficient (Wildman–Crippen LogP) is 3.92. The summed E-state index contributed by atoms with van der Waals surface area (Å²) in [5.74, 6) is 1.72. The highest BCUT2D eigenvalue weighted by atomic mass is 16.5. The Labute approximate surface area is 149 Å². The van der Waals surface area contributed by atoms with Crippen molar-refractivity contribution in [2.45, 2.75) is 33.1 Å². The van der Waals surface area contributed by atoms with E-state index in [9.17, 15) is 4.79 Å². The van der Waals surface area contributed by atoms with Gasteiger partial charge < -0.3 is 14.4 Å². The van der Waals surface area contributed by atoms with Gasteiger partial charge in [0, 0.05) is 6.54 Å². The number of amides is 1. The minimum Gasteiger partial charge on any atom is -0.495 e. The lowest BCUT2D eigenvalue weighted by atomic mass is 9.95. The van der Waals surface area contributed by atoms with Crippen LogP contribution in [-0.4, -0.2) is 26.2 Å². The van der Waals surface area contributed by atoms with Crippen molar-refractivity contribution in [1.29, 1.82) is 0 Å². The molecule has 0 N–H and O–H groups in total. The van der Waals surface area contributed by atoms with Gasteiger partial charge in [0.1, 0.15) is 11.5 Å². The molecule has 0 aliphatic carbocycles. The Hall–Kier alpha value is -2.49. The molecule has 0 spiro atoms. The number of rotatable bonds is 5. The summed E-state index contributed by atoms with van der Waals surface area (Å²) < 4.78 is 11.0. The van der Waals surface area contributed by atoms with Crippen LogP contribution in [0.2, 0.25) is 0 Å². The molecule has 25 heavy (non-hydrogen) atoms. The molecule has 4 nitrogen and oxygen atoms in total. The van der Waals surface area contributed by atoms with E-state index in [0.29, 0.717) is 13.0 Å². The largest absolute Gasteiger partial charge is 0.495 e. The predicted molar refractivity (Wildman–Crippen MR) is 99.7 cm³/mol. The zero-order chi connectivity index (χ0) is 17.8. The Morgan fingerprint density at radius 1 is 1.16 bits per heavy atom. The Morgan fingerprint density at radius 2 is 1.92 bits per heavy atom. The molecule has 3 rings (SSSR count). The summed E-state index contributed by atoms with van der Waals surface area (Å²) in [5.41, 5.74) is 4.39. The third kappa shape index (κ3) is 3.63. The van der Waals surface area contributed by atoms with Crippen LogP contribution in [0.5, 0.6) is 11.5 Å². The summed E-state index contributed by atoms with van der Waals surface area (Å²) in [6.07, 6.45) is 2.35. The second-order valence-electron chi connectivity index (χ2n) is 6.31. The highest BCUT2D eigenvalue weighted by molar-refractivity contribution is 5.97. The average Bonchev–Trinajstić information content (AvgIpc) is 2.63. The molecule has 132 valence electrons. The molecule has 1 heterocycles. The van der Waals surface area contributed by atoms with Crippen molar-refractivity contribution in [3.8, 4) is 11.5 Å². The van der Waals surface area contributed by atoms with Gasteiger partial charge in [0.15, 0.2) is 0 Å². The van der Waals surface area contributed by atoms with Crippen LogP contribution < -0.4 is 14.4 Å². The van der Waals surface area contributed by atoms with E-state index in [-0.39, 0.29) is 5.91 Å². The molecule has 1 aliphatic rings. The van der Waals surface area contributed by atoms with E-state index in [1.165, 1.54) is 11.1 Å². The lowest BCUT2D eigenvalue weighted by Gasteiger charge is -2.32. The maximum Gasteiger partial charge on any atom is 0.231 e. The van der Waals surface area contributed by atoms with Gasteiger partial charge in [0.05, 0.1) is 25.8 Å². The zero-order valence-electron chi connectivity index (χ0n) is 15.2. The van der Waals surface area contributed by atoms with Gasteiger partial charge in [0.2, 0.25) is 5.91 Å². The van der Waals surface area contributed by atoms with E-state index in [2.05, 4.69) is 13.0 Å². The topological polar surface area (TPSA) is 38.8 Å². The van der Waals surface area contributed by atoms with Crippen molar-refractivity contribution >= 4 is 11.6 Å².